The summed E-state index contributed by atoms with van der Waals surface area (Å²) in [7, 11) is 0. The maximum Gasteiger partial charge on any atom is 0.220 e. The molecule has 0 bridgehead atoms. The zero-order chi connectivity index (χ0) is 13.0. The Morgan fingerprint density at radius 2 is 2.33 bits per heavy atom. The lowest BCUT2D eigenvalue weighted by atomic mass is 10.0. The first kappa shape index (κ1) is 13.6. The highest BCUT2D eigenvalue weighted by Crippen LogP contribution is 2.23. The van der Waals surface area contributed by atoms with Gasteiger partial charge in [0.15, 0.2) is 0 Å². The molecule has 1 fully saturated rings. The minimum atomic E-state index is 0.0439. The summed E-state index contributed by atoms with van der Waals surface area (Å²) in [4.78, 5) is 11.9. The molecule has 3 nitrogen and oxygen atoms in total. The lowest BCUT2D eigenvalue weighted by molar-refractivity contribution is -0.122. The molecule has 4 heteroatoms. The van der Waals surface area contributed by atoms with Gasteiger partial charge in [-0.1, -0.05) is 34.1 Å². The van der Waals surface area contributed by atoms with Crippen molar-refractivity contribution in [2.24, 2.45) is 5.92 Å². The molecule has 1 unspecified atom stereocenters. The van der Waals surface area contributed by atoms with Crippen molar-refractivity contribution in [1.82, 2.24) is 10.6 Å². The van der Waals surface area contributed by atoms with Crippen LogP contribution in [0.15, 0.2) is 28.7 Å². The minimum Gasteiger partial charge on any atom is -0.350 e. The normalized spacial score (nSPS) is 20.7. The van der Waals surface area contributed by atoms with E-state index < -0.39 is 0 Å². The van der Waals surface area contributed by atoms with Crippen molar-refractivity contribution < 1.29 is 4.79 Å². The van der Waals surface area contributed by atoms with Gasteiger partial charge in [-0.25, -0.2) is 0 Å². The van der Waals surface area contributed by atoms with Crippen LogP contribution in [-0.2, 0) is 4.79 Å². The van der Waals surface area contributed by atoms with Gasteiger partial charge in [-0.05, 0) is 44.0 Å². The van der Waals surface area contributed by atoms with Crippen LogP contribution < -0.4 is 10.6 Å². The highest BCUT2D eigenvalue weighted by molar-refractivity contribution is 9.10. The Hall–Kier alpha value is -0.870. The molecule has 0 aliphatic carbocycles. The molecule has 0 spiro atoms. The Kier molecular flexibility index (Phi) is 4.78. The van der Waals surface area contributed by atoms with Crippen LogP contribution in [0.5, 0.6) is 0 Å². The van der Waals surface area contributed by atoms with Crippen molar-refractivity contribution >= 4 is 21.8 Å². The van der Waals surface area contributed by atoms with E-state index in [1.165, 1.54) is 0 Å². The van der Waals surface area contributed by atoms with Gasteiger partial charge in [-0.15, -0.1) is 0 Å². The lowest BCUT2D eigenvalue weighted by Gasteiger charge is -2.17. The molecule has 1 saturated heterocycles. The fraction of sp³-hybridized carbons (Fsp3) is 0.500. The predicted octanol–water partition coefficient (Wildman–Crippen LogP) is 2.63. The van der Waals surface area contributed by atoms with Crippen LogP contribution in [0, 0.1) is 5.92 Å². The number of benzene rings is 1. The average Bonchev–Trinajstić information content (AvgIpc) is 2.82. The van der Waals surface area contributed by atoms with E-state index in [0.29, 0.717) is 12.3 Å². The second kappa shape index (κ2) is 6.34. The van der Waals surface area contributed by atoms with Gasteiger partial charge in [-0.2, -0.15) is 0 Å². The largest absolute Gasteiger partial charge is 0.350 e. The number of rotatable bonds is 4. The summed E-state index contributed by atoms with van der Waals surface area (Å²) in [5, 5.41) is 6.35. The van der Waals surface area contributed by atoms with Gasteiger partial charge in [0.1, 0.15) is 0 Å². The van der Waals surface area contributed by atoms with E-state index in [1.807, 2.05) is 31.2 Å². The summed E-state index contributed by atoms with van der Waals surface area (Å²) in [5.41, 5.74) is 1.12. The predicted molar refractivity (Wildman–Crippen MR) is 76.3 cm³/mol. The second-order valence-corrected chi connectivity index (χ2v) is 5.73. The van der Waals surface area contributed by atoms with Gasteiger partial charge in [0, 0.05) is 10.9 Å². The number of carbonyl (C=O) groups is 1. The molecular weight excluding hydrogens is 292 g/mol. The molecular formula is C14H19BrN2O. The first-order chi connectivity index (χ1) is 8.66. The fourth-order valence-electron chi connectivity index (χ4n) is 2.36. The first-order valence-electron chi connectivity index (χ1n) is 6.41. The van der Waals surface area contributed by atoms with Crippen LogP contribution in [0.2, 0.25) is 0 Å². The third-order valence-corrected chi connectivity index (χ3v) is 4.11. The number of halogens is 1. The average molecular weight is 311 g/mol. The number of amides is 1. The van der Waals surface area contributed by atoms with Crippen LogP contribution in [-0.4, -0.2) is 19.0 Å². The van der Waals surface area contributed by atoms with Crippen molar-refractivity contribution in [2.45, 2.75) is 25.8 Å². The highest BCUT2D eigenvalue weighted by Gasteiger charge is 2.19. The monoisotopic (exact) mass is 310 g/mol. The van der Waals surface area contributed by atoms with E-state index in [4.69, 9.17) is 0 Å². The van der Waals surface area contributed by atoms with Crippen molar-refractivity contribution in [3.8, 4) is 0 Å². The Labute approximate surface area is 116 Å². The Bertz CT molecular complexity index is 416. The third-order valence-electron chi connectivity index (χ3n) is 3.39. The van der Waals surface area contributed by atoms with Gasteiger partial charge in [0.2, 0.25) is 5.91 Å². The van der Waals surface area contributed by atoms with Gasteiger partial charge >= 0.3 is 0 Å². The van der Waals surface area contributed by atoms with E-state index in [0.717, 1.165) is 29.5 Å². The van der Waals surface area contributed by atoms with Crippen LogP contribution in [0.1, 0.15) is 31.4 Å². The lowest BCUT2D eigenvalue weighted by Crippen LogP contribution is -2.29. The van der Waals surface area contributed by atoms with Crippen LogP contribution in [0.25, 0.3) is 0 Å². The zero-order valence-corrected chi connectivity index (χ0v) is 12.2. The maximum absolute atomic E-state index is 11.9. The molecule has 2 rings (SSSR count). The summed E-state index contributed by atoms with van der Waals surface area (Å²) in [6.45, 7) is 4.03. The van der Waals surface area contributed by atoms with Crippen LogP contribution >= 0.6 is 15.9 Å². The summed E-state index contributed by atoms with van der Waals surface area (Å²) in [6.07, 6.45) is 1.73. The molecule has 1 aliphatic rings. The molecule has 1 aromatic carbocycles. The van der Waals surface area contributed by atoms with Crippen molar-refractivity contribution in [3.63, 3.8) is 0 Å². The number of nitrogens with one attached hydrogen (secondary N) is 2. The number of carbonyl (C=O) groups excluding carboxylic acids is 1. The molecule has 0 radical (unpaired) electrons. The van der Waals surface area contributed by atoms with E-state index in [-0.39, 0.29) is 11.9 Å². The fourth-order valence-corrected chi connectivity index (χ4v) is 2.98. The maximum atomic E-state index is 11.9. The van der Waals surface area contributed by atoms with Crippen LogP contribution in [0.3, 0.4) is 0 Å². The van der Waals surface area contributed by atoms with Crippen molar-refractivity contribution in [2.75, 3.05) is 13.1 Å². The standard InChI is InChI=1S/C14H19BrN2O/c1-10(12-4-2-3-5-13(12)15)17-14(18)8-11-6-7-16-9-11/h2-5,10-11,16H,6-9H2,1H3,(H,17,18)/t10-,11?/m0/s1. The summed E-state index contributed by atoms with van der Waals surface area (Å²) >= 11 is 3.51. The Morgan fingerprint density at radius 1 is 1.56 bits per heavy atom. The molecule has 1 heterocycles. The Balaban J connectivity index is 1.88. The topological polar surface area (TPSA) is 41.1 Å². The zero-order valence-electron chi connectivity index (χ0n) is 10.6. The summed E-state index contributed by atoms with van der Waals surface area (Å²) in [6, 6.07) is 8.04. The van der Waals surface area contributed by atoms with Gasteiger partial charge < -0.3 is 10.6 Å². The number of hydrogen-bond acceptors (Lipinski definition) is 2. The smallest absolute Gasteiger partial charge is 0.220 e. The highest BCUT2D eigenvalue weighted by atomic mass is 79.9. The van der Waals surface area contributed by atoms with Crippen molar-refractivity contribution in [3.05, 3.63) is 34.3 Å². The molecule has 1 amide bonds. The number of hydrogen-bond donors (Lipinski definition) is 2. The summed E-state index contributed by atoms with van der Waals surface area (Å²) < 4.78 is 1.04. The second-order valence-electron chi connectivity index (χ2n) is 4.87. The van der Waals surface area contributed by atoms with E-state index in [1.54, 1.807) is 0 Å². The molecule has 98 valence electrons. The van der Waals surface area contributed by atoms with E-state index >= 15 is 0 Å². The van der Waals surface area contributed by atoms with Crippen LogP contribution in [0.4, 0.5) is 0 Å². The Morgan fingerprint density at radius 3 is 3.00 bits per heavy atom. The summed E-state index contributed by atoms with van der Waals surface area (Å²) in [5.74, 6) is 0.642. The van der Waals surface area contributed by atoms with Gasteiger partial charge in [0.05, 0.1) is 6.04 Å². The van der Waals surface area contributed by atoms with Gasteiger partial charge in [0.25, 0.3) is 0 Å². The molecule has 18 heavy (non-hydrogen) atoms. The first-order valence-corrected chi connectivity index (χ1v) is 7.20. The molecule has 2 N–H and O–H groups in total. The molecule has 1 aliphatic heterocycles. The van der Waals surface area contributed by atoms with E-state index in [9.17, 15) is 4.79 Å². The molecule has 2 atom stereocenters. The van der Waals surface area contributed by atoms with E-state index in [2.05, 4.69) is 26.6 Å². The third kappa shape index (κ3) is 3.56. The molecule has 0 saturated carbocycles. The van der Waals surface area contributed by atoms with Gasteiger partial charge in [-0.3, -0.25) is 4.79 Å². The van der Waals surface area contributed by atoms with Crippen molar-refractivity contribution in [1.29, 1.82) is 0 Å². The molecule has 1 aromatic rings. The molecule has 0 aromatic heterocycles. The minimum absolute atomic E-state index is 0.0439. The SMILES string of the molecule is C[C@H](NC(=O)CC1CCNC1)c1ccccc1Br. The quantitative estimate of drug-likeness (QED) is 0.897.